The second-order valence-electron chi connectivity index (χ2n) is 3.41. The minimum atomic E-state index is -0.280. The number of benzene rings is 1. The summed E-state index contributed by atoms with van der Waals surface area (Å²) >= 11 is 0. The van der Waals surface area contributed by atoms with Crippen molar-refractivity contribution in [3.8, 4) is 0 Å². The number of aromatic nitrogens is 2. The predicted octanol–water partition coefficient (Wildman–Crippen LogP) is 1.52. The predicted molar refractivity (Wildman–Crippen MR) is 54.8 cm³/mol. The van der Waals surface area contributed by atoms with Crippen molar-refractivity contribution in [2.45, 2.75) is 0 Å². The zero-order chi connectivity index (χ0) is 10.3. The van der Waals surface area contributed by atoms with E-state index >= 15 is 0 Å². The zero-order valence-corrected chi connectivity index (χ0v) is 7.93. The number of amides is 1. The Balaban J connectivity index is 2.06. The van der Waals surface area contributed by atoms with Gasteiger partial charge in [0.05, 0.1) is 18.3 Å². The van der Waals surface area contributed by atoms with Gasteiger partial charge in [-0.1, -0.05) is 0 Å². The number of nitrogens with zero attached hydrogens (tertiary/aromatic N) is 2. The molecule has 5 heteroatoms. The molecule has 1 fully saturated rings. The van der Waals surface area contributed by atoms with Crippen molar-refractivity contribution in [3.63, 3.8) is 0 Å². The molecule has 0 spiro atoms. The minimum Gasteiger partial charge on any atom is -0.447 e. The van der Waals surface area contributed by atoms with Crippen LogP contribution in [0.3, 0.4) is 0 Å². The molecule has 0 radical (unpaired) electrons. The van der Waals surface area contributed by atoms with E-state index in [-0.39, 0.29) is 6.09 Å². The van der Waals surface area contributed by atoms with E-state index in [4.69, 9.17) is 4.74 Å². The molecule has 2 aromatic rings. The molecule has 1 aliphatic heterocycles. The molecule has 0 atom stereocenters. The largest absolute Gasteiger partial charge is 0.447 e. The molecule has 1 aromatic heterocycles. The Bertz CT molecular complexity index is 520. The number of carbonyl (C=O) groups is 1. The van der Waals surface area contributed by atoms with E-state index in [1.165, 1.54) is 0 Å². The van der Waals surface area contributed by atoms with Crippen LogP contribution in [0.15, 0.2) is 24.4 Å². The molecule has 1 aliphatic rings. The summed E-state index contributed by atoms with van der Waals surface area (Å²) in [6, 6.07) is 5.71. The lowest BCUT2D eigenvalue weighted by Crippen LogP contribution is -2.23. The van der Waals surface area contributed by atoms with Crippen molar-refractivity contribution in [1.82, 2.24) is 10.2 Å². The van der Waals surface area contributed by atoms with Crippen LogP contribution in [-0.4, -0.2) is 29.4 Å². The van der Waals surface area contributed by atoms with Gasteiger partial charge in [-0.15, -0.1) is 0 Å². The molecule has 76 valence electrons. The average molecular weight is 203 g/mol. The van der Waals surface area contributed by atoms with E-state index < -0.39 is 0 Å². The molecular formula is C10H9N3O2. The minimum absolute atomic E-state index is 0.280. The van der Waals surface area contributed by atoms with Crippen LogP contribution in [0.2, 0.25) is 0 Å². The molecule has 1 amide bonds. The second kappa shape index (κ2) is 2.98. The molecule has 3 rings (SSSR count). The Kier molecular flexibility index (Phi) is 1.65. The van der Waals surface area contributed by atoms with Crippen molar-refractivity contribution >= 4 is 22.7 Å². The molecule has 1 saturated heterocycles. The second-order valence-corrected chi connectivity index (χ2v) is 3.41. The number of fused-ring (bicyclic) bond motifs is 1. The number of hydrogen-bond donors (Lipinski definition) is 1. The van der Waals surface area contributed by atoms with Crippen molar-refractivity contribution in [3.05, 3.63) is 24.4 Å². The first-order chi connectivity index (χ1) is 7.34. The maximum atomic E-state index is 11.3. The van der Waals surface area contributed by atoms with Gasteiger partial charge >= 0.3 is 6.09 Å². The average Bonchev–Trinajstić information content (AvgIpc) is 2.84. The van der Waals surface area contributed by atoms with Crippen molar-refractivity contribution in [1.29, 1.82) is 0 Å². The molecule has 2 heterocycles. The lowest BCUT2D eigenvalue weighted by molar-refractivity contribution is 0.181. The topological polar surface area (TPSA) is 58.2 Å². The molecule has 5 nitrogen and oxygen atoms in total. The van der Waals surface area contributed by atoms with Gasteiger partial charge in [-0.3, -0.25) is 10.00 Å². The summed E-state index contributed by atoms with van der Waals surface area (Å²) in [5.41, 5.74) is 1.82. The SMILES string of the molecule is O=C1OCCN1c1ccc2[nH]ncc2c1. The summed E-state index contributed by atoms with van der Waals surface area (Å²) < 4.78 is 4.88. The number of anilines is 1. The smallest absolute Gasteiger partial charge is 0.414 e. The van der Waals surface area contributed by atoms with E-state index in [1.54, 1.807) is 11.1 Å². The molecule has 0 unspecified atom stereocenters. The van der Waals surface area contributed by atoms with Crippen molar-refractivity contribution in [2.75, 3.05) is 18.1 Å². The third-order valence-electron chi connectivity index (χ3n) is 2.50. The third kappa shape index (κ3) is 1.24. The summed E-state index contributed by atoms with van der Waals surface area (Å²) in [6.07, 6.45) is 1.46. The van der Waals surface area contributed by atoms with E-state index in [9.17, 15) is 4.79 Å². The lowest BCUT2D eigenvalue weighted by Gasteiger charge is -2.11. The van der Waals surface area contributed by atoms with Gasteiger partial charge in [-0.05, 0) is 18.2 Å². The molecule has 1 N–H and O–H groups in total. The number of carbonyl (C=O) groups excluding carboxylic acids is 1. The number of hydrogen-bond acceptors (Lipinski definition) is 3. The maximum Gasteiger partial charge on any atom is 0.414 e. The summed E-state index contributed by atoms with van der Waals surface area (Å²) in [4.78, 5) is 12.9. The van der Waals surface area contributed by atoms with Gasteiger partial charge in [0.15, 0.2) is 0 Å². The Morgan fingerprint density at radius 3 is 3.20 bits per heavy atom. The molecule has 1 aromatic carbocycles. The Morgan fingerprint density at radius 1 is 1.47 bits per heavy atom. The molecule has 15 heavy (non-hydrogen) atoms. The van der Waals surface area contributed by atoms with Gasteiger partial charge in [0.1, 0.15) is 6.61 Å². The van der Waals surface area contributed by atoms with E-state index in [0.717, 1.165) is 16.6 Å². The van der Waals surface area contributed by atoms with Gasteiger partial charge in [0.2, 0.25) is 0 Å². The van der Waals surface area contributed by atoms with Crippen LogP contribution in [0, 0.1) is 0 Å². The summed E-state index contributed by atoms with van der Waals surface area (Å²) in [5.74, 6) is 0. The first-order valence-electron chi connectivity index (χ1n) is 4.72. The van der Waals surface area contributed by atoms with E-state index in [2.05, 4.69) is 10.2 Å². The van der Waals surface area contributed by atoms with Gasteiger partial charge in [0.25, 0.3) is 0 Å². The maximum absolute atomic E-state index is 11.3. The van der Waals surface area contributed by atoms with Gasteiger partial charge in [0, 0.05) is 11.1 Å². The summed E-state index contributed by atoms with van der Waals surface area (Å²) in [7, 11) is 0. The summed E-state index contributed by atoms with van der Waals surface area (Å²) in [6.45, 7) is 1.07. The molecule has 0 bridgehead atoms. The normalized spacial score (nSPS) is 16.0. The van der Waals surface area contributed by atoms with Crippen LogP contribution in [-0.2, 0) is 4.74 Å². The van der Waals surface area contributed by atoms with E-state index in [0.29, 0.717) is 13.2 Å². The highest BCUT2D eigenvalue weighted by molar-refractivity contribution is 5.92. The number of rotatable bonds is 1. The number of nitrogens with one attached hydrogen (secondary N) is 1. The molecule has 0 saturated carbocycles. The van der Waals surface area contributed by atoms with Crippen LogP contribution in [0.4, 0.5) is 10.5 Å². The Hall–Kier alpha value is -2.04. The van der Waals surface area contributed by atoms with Crippen LogP contribution in [0.5, 0.6) is 0 Å². The van der Waals surface area contributed by atoms with Gasteiger partial charge < -0.3 is 4.74 Å². The van der Waals surface area contributed by atoms with Crippen LogP contribution < -0.4 is 4.90 Å². The first kappa shape index (κ1) is 8.28. The zero-order valence-electron chi connectivity index (χ0n) is 7.93. The monoisotopic (exact) mass is 203 g/mol. The van der Waals surface area contributed by atoms with E-state index in [1.807, 2.05) is 18.2 Å². The Labute approximate surface area is 85.6 Å². The van der Waals surface area contributed by atoms with Crippen LogP contribution in [0.1, 0.15) is 0 Å². The number of aromatic amines is 1. The van der Waals surface area contributed by atoms with Gasteiger partial charge in [-0.2, -0.15) is 5.10 Å². The van der Waals surface area contributed by atoms with Crippen LogP contribution in [0.25, 0.3) is 10.9 Å². The lowest BCUT2D eigenvalue weighted by atomic mass is 10.2. The fourth-order valence-corrected chi connectivity index (χ4v) is 1.73. The third-order valence-corrected chi connectivity index (χ3v) is 2.50. The fourth-order valence-electron chi connectivity index (χ4n) is 1.73. The highest BCUT2D eigenvalue weighted by Crippen LogP contribution is 2.22. The highest BCUT2D eigenvalue weighted by atomic mass is 16.6. The van der Waals surface area contributed by atoms with Crippen molar-refractivity contribution in [2.24, 2.45) is 0 Å². The number of cyclic esters (lactones) is 1. The number of ether oxygens (including phenoxy) is 1. The number of H-pyrrole nitrogens is 1. The summed E-state index contributed by atoms with van der Waals surface area (Å²) in [5, 5.41) is 7.78. The Morgan fingerprint density at radius 2 is 2.40 bits per heavy atom. The van der Waals surface area contributed by atoms with Gasteiger partial charge in [-0.25, -0.2) is 4.79 Å². The quantitative estimate of drug-likeness (QED) is 0.764. The van der Waals surface area contributed by atoms with Crippen LogP contribution >= 0.6 is 0 Å². The highest BCUT2D eigenvalue weighted by Gasteiger charge is 2.23. The molecular weight excluding hydrogens is 194 g/mol. The van der Waals surface area contributed by atoms with Crippen molar-refractivity contribution < 1.29 is 9.53 Å². The standard InChI is InChI=1S/C10H9N3O2/c14-10-13(3-4-15-10)8-1-2-9-7(5-8)6-11-12-9/h1-2,5-6H,3-4H2,(H,11,12). The first-order valence-corrected chi connectivity index (χ1v) is 4.72. The molecule has 0 aliphatic carbocycles. The fraction of sp³-hybridized carbons (Fsp3) is 0.200.